The van der Waals surface area contributed by atoms with Gasteiger partial charge < -0.3 is 10.0 Å². The van der Waals surface area contributed by atoms with Gasteiger partial charge in [0.05, 0.1) is 17.9 Å². The lowest BCUT2D eigenvalue weighted by Gasteiger charge is -2.45. The van der Waals surface area contributed by atoms with Gasteiger partial charge >= 0.3 is 0 Å². The molecule has 1 aromatic heterocycles. The number of piperidine rings is 1. The summed E-state index contributed by atoms with van der Waals surface area (Å²) in [4.78, 5) is 17.8. The molecule has 1 spiro atoms. The van der Waals surface area contributed by atoms with E-state index in [9.17, 15) is 14.3 Å². The molecule has 0 bridgehead atoms. The summed E-state index contributed by atoms with van der Waals surface area (Å²) in [6, 6.07) is 1.44. The standard InChI is InChI=1S/C16H21FN2O2/c17-14-11-18-8-3-13(14)15(21)19-9-6-16(7-10-19)4-1-12(20)2-5-16/h3,8,11-12,20H,1-2,4-7,9-10H2. The first-order chi connectivity index (χ1) is 10.1. The first kappa shape index (κ1) is 14.4. The molecule has 5 heteroatoms. The number of halogens is 1. The molecule has 0 atom stereocenters. The average molecular weight is 292 g/mol. The lowest BCUT2D eigenvalue weighted by molar-refractivity contribution is 0.0167. The molecule has 0 aromatic carbocycles. The van der Waals surface area contributed by atoms with Gasteiger partial charge in [0.2, 0.25) is 0 Å². The van der Waals surface area contributed by atoms with E-state index in [1.807, 2.05) is 0 Å². The molecule has 1 amide bonds. The van der Waals surface area contributed by atoms with Crippen LogP contribution < -0.4 is 0 Å². The van der Waals surface area contributed by atoms with Crippen molar-refractivity contribution in [2.24, 2.45) is 5.41 Å². The normalized spacial score (nSPS) is 22.5. The van der Waals surface area contributed by atoms with Gasteiger partial charge in [-0.3, -0.25) is 9.78 Å². The van der Waals surface area contributed by atoms with Gasteiger partial charge in [-0.15, -0.1) is 0 Å². The summed E-state index contributed by atoms with van der Waals surface area (Å²) >= 11 is 0. The van der Waals surface area contributed by atoms with E-state index in [1.54, 1.807) is 4.90 Å². The molecule has 1 saturated heterocycles. The molecule has 1 aliphatic heterocycles. The maximum Gasteiger partial charge on any atom is 0.256 e. The number of amides is 1. The van der Waals surface area contributed by atoms with Crippen LogP contribution >= 0.6 is 0 Å². The molecule has 1 aromatic rings. The van der Waals surface area contributed by atoms with Crippen molar-refractivity contribution in [3.05, 3.63) is 29.8 Å². The van der Waals surface area contributed by atoms with Crippen LogP contribution in [0.15, 0.2) is 18.5 Å². The third kappa shape index (κ3) is 2.93. The highest BCUT2D eigenvalue weighted by Gasteiger charge is 2.38. The summed E-state index contributed by atoms with van der Waals surface area (Å²) < 4.78 is 13.6. The molecular weight excluding hydrogens is 271 g/mol. The summed E-state index contributed by atoms with van der Waals surface area (Å²) in [5.41, 5.74) is 0.396. The van der Waals surface area contributed by atoms with Gasteiger partial charge in [0.1, 0.15) is 0 Å². The van der Waals surface area contributed by atoms with Gasteiger partial charge in [0, 0.05) is 19.3 Å². The molecule has 0 unspecified atom stereocenters. The van der Waals surface area contributed by atoms with Crippen molar-refractivity contribution in [1.82, 2.24) is 9.88 Å². The topological polar surface area (TPSA) is 53.4 Å². The van der Waals surface area contributed by atoms with E-state index in [2.05, 4.69) is 4.98 Å². The minimum absolute atomic E-state index is 0.111. The Morgan fingerprint density at radius 1 is 1.29 bits per heavy atom. The van der Waals surface area contributed by atoms with E-state index in [4.69, 9.17) is 0 Å². The van der Waals surface area contributed by atoms with E-state index < -0.39 is 5.82 Å². The lowest BCUT2D eigenvalue weighted by Crippen LogP contribution is -2.45. The van der Waals surface area contributed by atoms with Crippen molar-refractivity contribution in [2.75, 3.05) is 13.1 Å². The fourth-order valence-corrected chi connectivity index (χ4v) is 3.62. The number of aliphatic hydroxyl groups excluding tert-OH is 1. The zero-order valence-electron chi connectivity index (χ0n) is 12.1. The minimum Gasteiger partial charge on any atom is -0.393 e. The summed E-state index contributed by atoms with van der Waals surface area (Å²) in [6.45, 7) is 1.35. The SMILES string of the molecule is O=C(c1ccncc1F)N1CCC2(CCC(O)CC2)CC1. The number of hydrogen-bond acceptors (Lipinski definition) is 3. The van der Waals surface area contributed by atoms with Gasteiger partial charge in [-0.2, -0.15) is 0 Å². The van der Waals surface area contributed by atoms with Crippen LogP contribution in [0.4, 0.5) is 4.39 Å². The van der Waals surface area contributed by atoms with Crippen molar-refractivity contribution in [3.63, 3.8) is 0 Å². The second-order valence-corrected chi connectivity index (χ2v) is 6.38. The molecule has 2 fully saturated rings. The molecule has 1 saturated carbocycles. The van der Waals surface area contributed by atoms with E-state index >= 15 is 0 Å². The summed E-state index contributed by atoms with van der Waals surface area (Å²) in [7, 11) is 0. The smallest absolute Gasteiger partial charge is 0.256 e. The van der Waals surface area contributed by atoms with E-state index in [1.165, 1.54) is 12.3 Å². The molecule has 1 N–H and O–H groups in total. The summed E-state index contributed by atoms with van der Waals surface area (Å²) in [6.07, 6.45) is 8.11. The van der Waals surface area contributed by atoms with Crippen LogP contribution in [0.3, 0.4) is 0 Å². The number of hydrogen-bond donors (Lipinski definition) is 1. The van der Waals surface area contributed by atoms with Crippen LogP contribution in [-0.4, -0.2) is 40.1 Å². The van der Waals surface area contributed by atoms with Crippen molar-refractivity contribution in [3.8, 4) is 0 Å². The van der Waals surface area contributed by atoms with Crippen molar-refractivity contribution < 1.29 is 14.3 Å². The Hall–Kier alpha value is -1.49. The van der Waals surface area contributed by atoms with Crippen molar-refractivity contribution >= 4 is 5.91 Å². The maximum atomic E-state index is 13.6. The Balaban J connectivity index is 1.63. The van der Waals surface area contributed by atoms with Crippen LogP contribution in [0.2, 0.25) is 0 Å². The Kier molecular flexibility index (Phi) is 3.93. The first-order valence-electron chi connectivity index (χ1n) is 7.67. The van der Waals surface area contributed by atoms with Gasteiger partial charge in [-0.05, 0) is 50.0 Å². The second kappa shape index (κ2) is 5.72. The molecule has 114 valence electrons. The van der Waals surface area contributed by atoms with Crippen LogP contribution in [0.5, 0.6) is 0 Å². The fraction of sp³-hybridized carbons (Fsp3) is 0.625. The van der Waals surface area contributed by atoms with Gasteiger partial charge in [-0.1, -0.05) is 0 Å². The molecule has 21 heavy (non-hydrogen) atoms. The second-order valence-electron chi connectivity index (χ2n) is 6.38. The number of pyridine rings is 1. The Morgan fingerprint density at radius 3 is 2.57 bits per heavy atom. The highest BCUT2D eigenvalue weighted by atomic mass is 19.1. The number of rotatable bonds is 1. The number of likely N-dealkylation sites (tertiary alicyclic amines) is 1. The molecule has 0 radical (unpaired) electrons. The number of aromatic nitrogens is 1. The molecular formula is C16H21FN2O2. The highest BCUT2D eigenvalue weighted by Crippen LogP contribution is 2.44. The molecule has 2 heterocycles. The highest BCUT2D eigenvalue weighted by molar-refractivity contribution is 5.94. The Bertz CT molecular complexity index is 517. The van der Waals surface area contributed by atoms with Crippen LogP contribution in [0, 0.1) is 11.2 Å². The predicted octanol–water partition coefficient (Wildman–Crippen LogP) is 2.38. The number of aliphatic hydroxyl groups is 1. The quantitative estimate of drug-likeness (QED) is 0.864. The zero-order chi connectivity index (χ0) is 14.9. The van der Waals surface area contributed by atoms with Gasteiger partial charge in [0.25, 0.3) is 5.91 Å². The molecule has 1 aliphatic carbocycles. The van der Waals surface area contributed by atoms with E-state index in [0.29, 0.717) is 13.1 Å². The average Bonchev–Trinajstić information content (AvgIpc) is 2.51. The molecule has 2 aliphatic rings. The Labute approximate surface area is 124 Å². The monoisotopic (exact) mass is 292 g/mol. The molecule has 3 rings (SSSR count). The fourth-order valence-electron chi connectivity index (χ4n) is 3.62. The zero-order valence-corrected chi connectivity index (χ0v) is 12.1. The van der Waals surface area contributed by atoms with Crippen LogP contribution in [0.1, 0.15) is 48.9 Å². The predicted molar refractivity (Wildman–Crippen MR) is 76.2 cm³/mol. The summed E-state index contributed by atoms with van der Waals surface area (Å²) in [5, 5.41) is 9.63. The maximum absolute atomic E-state index is 13.6. The first-order valence-corrected chi connectivity index (χ1v) is 7.67. The van der Waals surface area contributed by atoms with Crippen LogP contribution in [0.25, 0.3) is 0 Å². The van der Waals surface area contributed by atoms with Crippen LogP contribution in [-0.2, 0) is 0 Å². The number of nitrogens with zero attached hydrogens (tertiary/aromatic N) is 2. The van der Waals surface area contributed by atoms with Crippen molar-refractivity contribution in [1.29, 1.82) is 0 Å². The number of carbonyl (C=O) groups is 1. The third-order valence-electron chi connectivity index (χ3n) is 5.13. The van der Waals surface area contributed by atoms with Gasteiger partial charge in [-0.25, -0.2) is 4.39 Å². The Morgan fingerprint density at radius 2 is 1.95 bits per heavy atom. The largest absolute Gasteiger partial charge is 0.393 e. The van der Waals surface area contributed by atoms with E-state index in [-0.39, 0.29) is 23.0 Å². The molecule has 4 nitrogen and oxygen atoms in total. The van der Waals surface area contributed by atoms with E-state index in [0.717, 1.165) is 44.7 Å². The van der Waals surface area contributed by atoms with Gasteiger partial charge in [0.15, 0.2) is 5.82 Å². The number of carbonyl (C=O) groups excluding carboxylic acids is 1. The third-order valence-corrected chi connectivity index (χ3v) is 5.13. The minimum atomic E-state index is -0.552. The lowest BCUT2D eigenvalue weighted by atomic mass is 9.67. The van der Waals surface area contributed by atoms with Crippen molar-refractivity contribution in [2.45, 2.75) is 44.6 Å². The summed E-state index contributed by atoms with van der Waals surface area (Å²) in [5.74, 6) is -0.788.